The summed E-state index contributed by atoms with van der Waals surface area (Å²) in [7, 11) is 0. The van der Waals surface area contributed by atoms with Crippen molar-refractivity contribution in [3.05, 3.63) is 0 Å². The van der Waals surface area contributed by atoms with Gasteiger partial charge in [0.2, 0.25) is 11.3 Å². The lowest BCUT2D eigenvalue weighted by Gasteiger charge is -2.58. The number of Topliss-reactive ketones (excluding diaryl/α,β-unsaturated/α-hetero) is 1. The molecule has 3 aliphatic carbocycles. The summed E-state index contributed by atoms with van der Waals surface area (Å²) in [5.74, 6) is -0.519. The molecule has 4 fully saturated rings. The van der Waals surface area contributed by atoms with E-state index in [1.807, 2.05) is 0 Å². The second kappa shape index (κ2) is 4.83. The predicted molar refractivity (Wildman–Crippen MR) is 85.7 cm³/mol. The molecule has 0 radical (unpaired) electrons. The number of carbonyl (C=O) groups is 1. The summed E-state index contributed by atoms with van der Waals surface area (Å²) in [4.78, 5) is 13.1. The largest absolute Gasteiger partial charge is 0.470 e. The maximum absolute atomic E-state index is 13.1. The van der Waals surface area contributed by atoms with Crippen LogP contribution in [0.1, 0.15) is 57.8 Å². The highest BCUT2D eigenvalue weighted by Crippen LogP contribution is 2.75. The fourth-order valence-corrected chi connectivity index (χ4v) is 6.41. The van der Waals surface area contributed by atoms with Gasteiger partial charge in [0.05, 0.1) is 23.6 Å². The molecule has 0 aromatic carbocycles. The van der Waals surface area contributed by atoms with Crippen molar-refractivity contribution in [2.45, 2.75) is 63.4 Å². The van der Waals surface area contributed by atoms with E-state index in [0.717, 1.165) is 32.1 Å². The molecule has 4 atom stereocenters. The van der Waals surface area contributed by atoms with Gasteiger partial charge in [0, 0.05) is 12.3 Å². The van der Waals surface area contributed by atoms with Gasteiger partial charge in [0.15, 0.2) is 5.41 Å². The van der Waals surface area contributed by atoms with E-state index in [9.17, 15) is 20.6 Å². The van der Waals surface area contributed by atoms with Crippen LogP contribution in [0.15, 0.2) is 0 Å². The van der Waals surface area contributed by atoms with Crippen molar-refractivity contribution in [3.8, 4) is 18.2 Å². The molecule has 6 nitrogen and oxygen atoms in total. The van der Waals surface area contributed by atoms with E-state index in [1.165, 1.54) is 0 Å². The first-order valence-electron chi connectivity index (χ1n) is 9.05. The summed E-state index contributed by atoms with van der Waals surface area (Å²) in [6.45, 7) is 0. The third-order valence-electron chi connectivity index (χ3n) is 7.44. The van der Waals surface area contributed by atoms with E-state index in [-0.39, 0.29) is 17.6 Å². The lowest BCUT2D eigenvalue weighted by Crippen LogP contribution is -2.68. The predicted octanol–water partition coefficient (Wildman–Crippen LogP) is 3.00. The Morgan fingerprint density at radius 3 is 2.40 bits per heavy atom. The zero-order valence-corrected chi connectivity index (χ0v) is 14.1. The number of hydrogen-bond donors (Lipinski definition) is 1. The highest BCUT2D eigenvalue weighted by molar-refractivity contribution is 6.00. The highest BCUT2D eigenvalue weighted by atomic mass is 16.5. The van der Waals surface area contributed by atoms with Crippen molar-refractivity contribution >= 4 is 11.7 Å². The van der Waals surface area contributed by atoms with Gasteiger partial charge in [-0.25, -0.2) is 0 Å². The van der Waals surface area contributed by atoms with Crippen LogP contribution in [0, 0.1) is 61.6 Å². The van der Waals surface area contributed by atoms with E-state index in [4.69, 9.17) is 10.1 Å². The molecule has 0 aromatic heterocycles. The van der Waals surface area contributed by atoms with Gasteiger partial charge in [0.25, 0.3) is 0 Å². The number of hydrogen-bond acceptors (Lipinski definition) is 6. The van der Waals surface area contributed by atoms with Gasteiger partial charge in [-0.3, -0.25) is 10.2 Å². The van der Waals surface area contributed by atoms with Gasteiger partial charge in [0.1, 0.15) is 11.4 Å². The Hall–Kier alpha value is -2.39. The molecule has 2 bridgehead atoms. The van der Waals surface area contributed by atoms with Crippen LogP contribution in [0.3, 0.4) is 0 Å². The Kier molecular flexibility index (Phi) is 3.11. The smallest absolute Gasteiger partial charge is 0.211 e. The van der Waals surface area contributed by atoms with E-state index in [1.54, 1.807) is 0 Å². The average Bonchev–Trinajstić information content (AvgIpc) is 2.78. The lowest BCUT2D eigenvalue weighted by atomic mass is 9.37. The molecule has 4 rings (SSSR count). The standard InChI is InChI=1S/C19H20N4O2/c20-10-17(11-21)18(12-22)15(23)25-19(17)8-4-1-5-13(19)9-16(18)7-3-2-6-14(16)24/h13,23H,1-9H2. The summed E-state index contributed by atoms with van der Waals surface area (Å²) >= 11 is 0. The Morgan fingerprint density at radius 2 is 1.76 bits per heavy atom. The maximum Gasteiger partial charge on any atom is 0.211 e. The number of nitrogens with zero attached hydrogens (tertiary/aromatic N) is 3. The van der Waals surface area contributed by atoms with E-state index in [2.05, 4.69) is 18.2 Å². The molecule has 2 spiro atoms. The molecule has 6 heteroatoms. The number of fused-ring (bicyclic) bond motifs is 2. The first-order valence-corrected chi connectivity index (χ1v) is 9.05. The quantitative estimate of drug-likeness (QED) is 0.728. The zero-order chi connectivity index (χ0) is 17.9. The third-order valence-corrected chi connectivity index (χ3v) is 7.44. The second-order valence-electron chi connectivity index (χ2n) is 8.02. The molecule has 4 unspecified atom stereocenters. The van der Waals surface area contributed by atoms with Crippen molar-refractivity contribution in [1.29, 1.82) is 21.2 Å². The van der Waals surface area contributed by atoms with Gasteiger partial charge in [-0.15, -0.1) is 0 Å². The van der Waals surface area contributed by atoms with Crippen LogP contribution in [-0.2, 0) is 9.53 Å². The van der Waals surface area contributed by atoms with Gasteiger partial charge in [-0.05, 0) is 38.5 Å². The summed E-state index contributed by atoms with van der Waals surface area (Å²) in [6.07, 6.45) is 5.84. The summed E-state index contributed by atoms with van der Waals surface area (Å²) in [5, 5.41) is 39.1. The van der Waals surface area contributed by atoms with E-state index >= 15 is 0 Å². The number of rotatable bonds is 0. The molecule has 1 heterocycles. The minimum atomic E-state index is -1.79. The van der Waals surface area contributed by atoms with Crippen molar-refractivity contribution in [1.82, 2.24) is 0 Å². The molecule has 1 aliphatic heterocycles. The van der Waals surface area contributed by atoms with Crippen molar-refractivity contribution in [2.24, 2.45) is 22.2 Å². The number of nitrogens with one attached hydrogen (secondary N) is 1. The highest BCUT2D eigenvalue weighted by Gasteiger charge is 2.87. The van der Waals surface area contributed by atoms with Gasteiger partial charge >= 0.3 is 0 Å². The molecule has 0 amide bonds. The molecule has 0 aromatic rings. The summed E-state index contributed by atoms with van der Waals surface area (Å²) < 4.78 is 6.01. The number of carbonyl (C=O) groups excluding carboxylic acids is 1. The first kappa shape index (κ1) is 16.1. The van der Waals surface area contributed by atoms with Crippen LogP contribution in [0.2, 0.25) is 0 Å². The fourth-order valence-electron chi connectivity index (χ4n) is 6.41. The van der Waals surface area contributed by atoms with Gasteiger partial charge < -0.3 is 4.74 Å². The van der Waals surface area contributed by atoms with Crippen molar-refractivity contribution in [2.75, 3.05) is 0 Å². The zero-order valence-electron chi connectivity index (χ0n) is 14.1. The van der Waals surface area contributed by atoms with E-state index in [0.29, 0.717) is 25.7 Å². The first-order chi connectivity index (χ1) is 12.0. The molecule has 1 N–H and O–H groups in total. The number of nitriles is 3. The van der Waals surface area contributed by atoms with Crippen LogP contribution < -0.4 is 0 Å². The van der Waals surface area contributed by atoms with Gasteiger partial charge in [-0.2, -0.15) is 15.8 Å². The Bertz CT molecular complexity index is 786. The average molecular weight is 336 g/mol. The molecule has 4 aliphatic rings. The Balaban J connectivity index is 2.08. The second-order valence-corrected chi connectivity index (χ2v) is 8.02. The van der Waals surface area contributed by atoms with E-state index < -0.39 is 21.8 Å². The van der Waals surface area contributed by atoms with Crippen molar-refractivity contribution < 1.29 is 9.53 Å². The molecular weight excluding hydrogens is 316 g/mol. The lowest BCUT2D eigenvalue weighted by molar-refractivity contribution is -0.163. The Morgan fingerprint density at radius 1 is 1.04 bits per heavy atom. The van der Waals surface area contributed by atoms with Crippen LogP contribution in [0.5, 0.6) is 0 Å². The fraction of sp³-hybridized carbons (Fsp3) is 0.737. The Labute approximate surface area is 146 Å². The van der Waals surface area contributed by atoms with Crippen LogP contribution in [0.4, 0.5) is 0 Å². The molecule has 1 saturated heterocycles. The SMILES string of the molecule is N#CC1(C#N)C23CCCCC2CC2(CCCCC2=O)C1(C#N)C(=N)O3. The summed E-state index contributed by atoms with van der Waals surface area (Å²) in [6, 6.07) is 6.42. The number of ether oxygens (including phenoxy) is 1. The summed E-state index contributed by atoms with van der Waals surface area (Å²) in [5.41, 5.74) is -5.83. The normalized spacial score (nSPS) is 44.1. The third kappa shape index (κ3) is 1.38. The monoisotopic (exact) mass is 336 g/mol. The topological polar surface area (TPSA) is 122 Å². The number of ketones is 1. The van der Waals surface area contributed by atoms with Gasteiger partial charge in [-0.1, -0.05) is 12.8 Å². The minimum absolute atomic E-state index is 0.0652. The molecular formula is C19H20N4O2. The molecule has 128 valence electrons. The maximum atomic E-state index is 13.1. The minimum Gasteiger partial charge on any atom is -0.470 e. The van der Waals surface area contributed by atoms with Crippen LogP contribution in [-0.4, -0.2) is 17.3 Å². The van der Waals surface area contributed by atoms with Crippen LogP contribution >= 0.6 is 0 Å². The van der Waals surface area contributed by atoms with Crippen LogP contribution in [0.25, 0.3) is 0 Å². The van der Waals surface area contributed by atoms with Crippen molar-refractivity contribution in [3.63, 3.8) is 0 Å². The molecule has 25 heavy (non-hydrogen) atoms. The molecule has 3 saturated carbocycles.